The normalized spacial score (nSPS) is 19.1. The molecule has 1 saturated heterocycles. The third-order valence-electron chi connectivity index (χ3n) is 3.85. The first-order valence-electron chi connectivity index (χ1n) is 7.39. The Morgan fingerprint density at radius 3 is 3.00 bits per heavy atom. The fourth-order valence-electron chi connectivity index (χ4n) is 2.79. The quantitative estimate of drug-likeness (QED) is 0.895. The highest BCUT2D eigenvalue weighted by molar-refractivity contribution is 5.66. The number of piperidine rings is 1. The molecule has 20 heavy (non-hydrogen) atoms. The molecule has 1 aliphatic rings. The van der Waals surface area contributed by atoms with Gasteiger partial charge in [0.15, 0.2) is 0 Å². The third-order valence-corrected chi connectivity index (χ3v) is 3.85. The van der Waals surface area contributed by atoms with Crippen molar-refractivity contribution in [3.63, 3.8) is 0 Å². The van der Waals surface area contributed by atoms with Crippen molar-refractivity contribution in [1.29, 1.82) is 0 Å². The van der Waals surface area contributed by atoms with Crippen molar-refractivity contribution >= 4 is 11.8 Å². The van der Waals surface area contributed by atoms with E-state index in [0.29, 0.717) is 5.92 Å². The van der Waals surface area contributed by atoms with Crippen LogP contribution in [0.5, 0.6) is 0 Å². The molecular weight excluding hydrogens is 254 g/mol. The molecule has 0 radical (unpaired) electrons. The van der Waals surface area contributed by atoms with E-state index in [9.17, 15) is 4.79 Å². The highest BCUT2D eigenvalue weighted by Crippen LogP contribution is 2.25. The fraction of sp³-hybridized carbons (Fsp3) is 0.667. The molecule has 5 nitrogen and oxygen atoms in total. The summed E-state index contributed by atoms with van der Waals surface area (Å²) in [5.74, 6) is 1.56. The highest BCUT2D eigenvalue weighted by Gasteiger charge is 2.22. The van der Waals surface area contributed by atoms with Gasteiger partial charge in [0, 0.05) is 31.3 Å². The standard InChI is InChI=1S/C15H23N3O2/c1-3-13-9-14(17-11(2)16-13)18-8-4-5-12(10-18)6-7-15(19)20/h9,12H,3-8,10H2,1-2H3,(H,19,20). The Bertz CT molecular complexity index is 476. The minimum absolute atomic E-state index is 0.265. The molecule has 2 heterocycles. The zero-order chi connectivity index (χ0) is 14.5. The van der Waals surface area contributed by atoms with Crippen LogP contribution in [0.2, 0.25) is 0 Å². The van der Waals surface area contributed by atoms with Crippen molar-refractivity contribution in [1.82, 2.24) is 9.97 Å². The zero-order valence-corrected chi connectivity index (χ0v) is 12.3. The van der Waals surface area contributed by atoms with Gasteiger partial charge in [-0.3, -0.25) is 4.79 Å². The molecule has 1 aromatic rings. The third kappa shape index (κ3) is 3.92. The van der Waals surface area contributed by atoms with Gasteiger partial charge in [-0.05, 0) is 38.5 Å². The Kier molecular flexibility index (Phi) is 4.93. The largest absolute Gasteiger partial charge is 0.481 e. The molecule has 110 valence electrons. The van der Waals surface area contributed by atoms with Crippen molar-refractivity contribution in [2.45, 2.75) is 46.0 Å². The van der Waals surface area contributed by atoms with Crippen molar-refractivity contribution in [3.8, 4) is 0 Å². The predicted molar refractivity (Wildman–Crippen MR) is 78.0 cm³/mol. The number of rotatable bonds is 5. The number of aromatic nitrogens is 2. The van der Waals surface area contributed by atoms with Gasteiger partial charge in [0.25, 0.3) is 0 Å². The second-order valence-corrected chi connectivity index (χ2v) is 5.50. The SMILES string of the molecule is CCc1cc(N2CCCC(CCC(=O)O)C2)nc(C)n1. The molecule has 1 aliphatic heterocycles. The molecule has 0 amide bonds. The Morgan fingerprint density at radius 2 is 2.30 bits per heavy atom. The number of aliphatic carboxylic acids is 1. The van der Waals surface area contributed by atoms with Crippen LogP contribution in [0.15, 0.2) is 6.07 Å². The van der Waals surface area contributed by atoms with Crippen LogP contribution in [0.3, 0.4) is 0 Å². The number of anilines is 1. The summed E-state index contributed by atoms with van der Waals surface area (Å²) in [6, 6.07) is 2.06. The summed E-state index contributed by atoms with van der Waals surface area (Å²) in [6.45, 7) is 5.93. The Morgan fingerprint density at radius 1 is 1.50 bits per heavy atom. The van der Waals surface area contributed by atoms with Gasteiger partial charge in [0.2, 0.25) is 0 Å². The molecule has 1 fully saturated rings. The number of nitrogens with zero attached hydrogens (tertiary/aromatic N) is 3. The van der Waals surface area contributed by atoms with Crippen LogP contribution < -0.4 is 4.90 Å². The number of carboxylic acid groups (broad SMARTS) is 1. The number of hydrogen-bond donors (Lipinski definition) is 1. The second kappa shape index (κ2) is 6.68. The number of hydrogen-bond acceptors (Lipinski definition) is 4. The summed E-state index contributed by atoms with van der Waals surface area (Å²) >= 11 is 0. The van der Waals surface area contributed by atoms with E-state index in [1.165, 1.54) is 0 Å². The van der Waals surface area contributed by atoms with E-state index in [1.54, 1.807) is 0 Å². The lowest BCUT2D eigenvalue weighted by Gasteiger charge is -2.33. The summed E-state index contributed by atoms with van der Waals surface area (Å²) in [5, 5.41) is 8.80. The maximum absolute atomic E-state index is 10.7. The van der Waals surface area contributed by atoms with Gasteiger partial charge in [-0.1, -0.05) is 6.92 Å². The molecule has 5 heteroatoms. The van der Waals surface area contributed by atoms with Gasteiger partial charge in [0.05, 0.1) is 0 Å². The topological polar surface area (TPSA) is 66.3 Å². The van der Waals surface area contributed by atoms with E-state index >= 15 is 0 Å². The zero-order valence-electron chi connectivity index (χ0n) is 12.3. The summed E-state index contributed by atoms with van der Waals surface area (Å²) in [6.07, 6.45) is 4.16. The molecule has 2 rings (SSSR count). The predicted octanol–water partition coefficient (Wildman–Crippen LogP) is 2.43. The van der Waals surface area contributed by atoms with Crippen LogP contribution in [0.4, 0.5) is 5.82 Å². The van der Waals surface area contributed by atoms with Gasteiger partial charge in [0.1, 0.15) is 11.6 Å². The van der Waals surface area contributed by atoms with Crippen LogP contribution >= 0.6 is 0 Å². The van der Waals surface area contributed by atoms with Gasteiger partial charge in [-0.2, -0.15) is 0 Å². The molecule has 0 saturated carbocycles. The van der Waals surface area contributed by atoms with Gasteiger partial charge in [-0.25, -0.2) is 9.97 Å². The van der Waals surface area contributed by atoms with Crippen LogP contribution in [0.1, 0.15) is 44.1 Å². The molecule has 0 bridgehead atoms. The minimum Gasteiger partial charge on any atom is -0.481 e. The number of carbonyl (C=O) groups is 1. The minimum atomic E-state index is -0.701. The number of aryl methyl sites for hydroxylation is 2. The molecule has 1 atom stereocenters. The van der Waals surface area contributed by atoms with E-state index in [-0.39, 0.29) is 6.42 Å². The first-order chi connectivity index (χ1) is 9.58. The van der Waals surface area contributed by atoms with E-state index < -0.39 is 5.97 Å². The Labute approximate surface area is 120 Å². The van der Waals surface area contributed by atoms with Crippen molar-refractivity contribution in [2.24, 2.45) is 5.92 Å². The summed E-state index contributed by atoms with van der Waals surface area (Å²) < 4.78 is 0. The monoisotopic (exact) mass is 277 g/mol. The lowest BCUT2D eigenvalue weighted by molar-refractivity contribution is -0.137. The van der Waals surface area contributed by atoms with E-state index in [0.717, 1.165) is 56.1 Å². The second-order valence-electron chi connectivity index (χ2n) is 5.50. The van der Waals surface area contributed by atoms with Gasteiger partial charge in [-0.15, -0.1) is 0 Å². The van der Waals surface area contributed by atoms with Gasteiger partial charge >= 0.3 is 5.97 Å². The average molecular weight is 277 g/mol. The summed E-state index contributed by atoms with van der Waals surface area (Å²) in [5.41, 5.74) is 1.07. The molecule has 1 unspecified atom stereocenters. The van der Waals surface area contributed by atoms with Crippen LogP contribution in [-0.4, -0.2) is 34.1 Å². The van der Waals surface area contributed by atoms with E-state index in [2.05, 4.69) is 27.9 Å². The Hall–Kier alpha value is -1.65. The van der Waals surface area contributed by atoms with Crippen molar-refractivity contribution in [3.05, 3.63) is 17.6 Å². The maximum atomic E-state index is 10.7. The van der Waals surface area contributed by atoms with Crippen LogP contribution in [0.25, 0.3) is 0 Å². The van der Waals surface area contributed by atoms with Crippen molar-refractivity contribution in [2.75, 3.05) is 18.0 Å². The van der Waals surface area contributed by atoms with Gasteiger partial charge < -0.3 is 10.0 Å². The first-order valence-corrected chi connectivity index (χ1v) is 7.39. The fourth-order valence-corrected chi connectivity index (χ4v) is 2.79. The molecule has 0 aliphatic carbocycles. The number of carboxylic acids is 1. The maximum Gasteiger partial charge on any atom is 0.303 e. The van der Waals surface area contributed by atoms with E-state index in [1.807, 2.05) is 6.92 Å². The van der Waals surface area contributed by atoms with Crippen molar-refractivity contribution < 1.29 is 9.90 Å². The Balaban J connectivity index is 2.04. The smallest absolute Gasteiger partial charge is 0.303 e. The summed E-state index contributed by atoms with van der Waals surface area (Å²) in [7, 11) is 0. The molecular formula is C15H23N3O2. The average Bonchev–Trinajstić information content (AvgIpc) is 2.44. The van der Waals surface area contributed by atoms with E-state index in [4.69, 9.17) is 5.11 Å². The lowest BCUT2D eigenvalue weighted by Crippen LogP contribution is -2.36. The summed E-state index contributed by atoms with van der Waals surface area (Å²) in [4.78, 5) is 21.9. The molecule has 1 aromatic heterocycles. The van der Waals surface area contributed by atoms with Crippen LogP contribution in [-0.2, 0) is 11.2 Å². The van der Waals surface area contributed by atoms with Crippen LogP contribution in [0, 0.1) is 12.8 Å². The lowest BCUT2D eigenvalue weighted by atomic mass is 9.93. The molecule has 0 spiro atoms. The highest BCUT2D eigenvalue weighted by atomic mass is 16.4. The first kappa shape index (κ1) is 14.8. The molecule has 0 aromatic carbocycles. The molecule has 1 N–H and O–H groups in total.